The molecule has 0 saturated heterocycles. The molecule has 0 amide bonds. The molecule has 0 bridgehead atoms. The largest absolute Gasteiger partial charge is 0.468 e. The van der Waals surface area contributed by atoms with Gasteiger partial charge in [-0.3, -0.25) is 4.68 Å². The van der Waals surface area contributed by atoms with Crippen molar-refractivity contribution >= 4 is 0 Å². The summed E-state index contributed by atoms with van der Waals surface area (Å²) in [4.78, 5) is 0. The Morgan fingerprint density at radius 1 is 1.44 bits per heavy atom. The second-order valence-corrected chi connectivity index (χ2v) is 5.11. The summed E-state index contributed by atoms with van der Waals surface area (Å²) in [6.45, 7) is 8.99. The van der Waals surface area contributed by atoms with E-state index in [0.29, 0.717) is 5.92 Å². The second kappa shape index (κ2) is 5.87. The van der Waals surface area contributed by atoms with Gasteiger partial charge in [-0.15, -0.1) is 0 Å². The Hall–Kier alpha value is -1.55. The first-order valence-electron chi connectivity index (χ1n) is 6.40. The number of hydrogen-bond donors (Lipinski definition) is 1. The first kappa shape index (κ1) is 12.9. The highest BCUT2D eigenvalue weighted by atomic mass is 16.3. The van der Waals surface area contributed by atoms with Crippen LogP contribution in [0, 0.1) is 12.8 Å². The molecule has 2 aromatic rings. The maximum absolute atomic E-state index is 5.52. The molecule has 2 rings (SSSR count). The van der Waals surface area contributed by atoms with Crippen molar-refractivity contribution in [1.29, 1.82) is 0 Å². The van der Waals surface area contributed by atoms with Gasteiger partial charge in [0.2, 0.25) is 0 Å². The van der Waals surface area contributed by atoms with E-state index in [1.807, 2.05) is 30.1 Å². The van der Waals surface area contributed by atoms with Crippen molar-refractivity contribution in [1.82, 2.24) is 15.1 Å². The maximum Gasteiger partial charge on any atom is 0.122 e. The Labute approximate surface area is 108 Å². The molecule has 0 radical (unpaired) electrons. The van der Waals surface area contributed by atoms with Crippen LogP contribution in [0.2, 0.25) is 0 Å². The fourth-order valence-corrected chi connectivity index (χ4v) is 1.87. The van der Waals surface area contributed by atoms with E-state index in [9.17, 15) is 0 Å². The molecule has 0 aliphatic heterocycles. The first-order valence-corrected chi connectivity index (χ1v) is 6.40. The molecule has 0 atom stereocenters. The highest BCUT2D eigenvalue weighted by Gasteiger charge is 2.07. The molecular weight excluding hydrogens is 226 g/mol. The van der Waals surface area contributed by atoms with Crippen LogP contribution in [0.15, 0.2) is 29.1 Å². The predicted octanol–water partition coefficient (Wildman–Crippen LogP) is 2.58. The molecule has 98 valence electrons. The van der Waals surface area contributed by atoms with Gasteiger partial charge in [-0.05, 0) is 31.0 Å². The SMILES string of the molecule is Cc1cnn(Cc2ccoc2CNCC(C)C)c1. The summed E-state index contributed by atoms with van der Waals surface area (Å²) in [5.74, 6) is 1.65. The van der Waals surface area contributed by atoms with Gasteiger partial charge in [0, 0.05) is 11.8 Å². The fourth-order valence-electron chi connectivity index (χ4n) is 1.87. The third-order valence-electron chi connectivity index (χ3n) is 2.77. The zero-order valence-electron chi connectivity index (χ0n) is 11.3. The summed E-state index contributed by atoms with van der Waals surface area (Å²) in [6, 6.07) is 2.02. The molecule has 0 aliphatic rings. The van der Waals surface area contributed by atoms with Gasteiger partial charge in [-0.25, -0.2) is 0 Å². The average Bonchev–Trinajstić information content (AvgIpc) is 2.89. The van der Waals surface area contributed by atoms with Gasteiger partial charge in [0.05, 0.1) is 25.5 Å². The number of rotatable bonds is 6. The van der Waals surface area contributed by atoms with E-state index < -0.39 is 0 Å². The number of aromatic nitrogens is 2. The molecule has 0 spiro atoms. The minimum absolute atomic E-state index is 0.650. The highest BCUT2D eigenvalue weighted by molar-refractivity contribution is 5.17. The van der Waals surface area contributed by atoms with Gasteiger partial charge in [-0.2, -0.15) is 5.10 Å². The van der Waals surface area contributed by atoms with Crippen molar-refractivity contribution in [2.24, 2.45) is 5.92 Å². The van der Waals surface area contributed by atoms with Crippen molar-refractivity contribution in [2.75, 3.05) is 6.54 Å². The van der Waals surface area contributed by atoms with E-state index in [1.54, 1.807) is 6.26 Å². The van der Waals surface area contributed by atoms with Gasteiger partial charge in [0.1, 0.15) is 5.76 Å². The van der Waals surface area contributed by atoms with Gasteiger partial charge < -0.3 is 9.73 Å². The van der Waals surface area contributed by atoms with E-state index in [1.165, 1.54) is 11.1 Å². The summed E-state index contributed by atoms with van der Waals surface area (Å²) < 4.78 is 7.46. The third-order valence-corrected chi connectivity index (χ3v) is 2.77. The number of nitrogens with one attached hydrogen (secondary N) is 1. The fraction of sp³-hybridized carbons (Fsp3) is 0.500. The Balaban J connectivity index is 1.95. The molecule has 18 heavy (non-hydrogen) atoms. The lowest BCUT2D eigenvalue weighted by Gasteiger charge is -2.07. The quantitative estimate of drug-likeness (QED) is 0.853. The van der Waals surface area contributed by atoms with Gasteiger partial charge >= 0.3 is 0 Å². The Morgan fingerprint density at radius 2 is 2.28 bits per heavy atom. The van der Waals surface area contributed by atoms with Gasteiger partial charge in [0.15, 0.2) is 0 Å². The number of aryl methyl sites for hydroxylation is 1. The molecule has 0 saturated carbocycles. The Bertz CT molecular complexity index is 485. The minimum atomic E-state index is 0.650. The topological polar surface area (TPSA) is 43.0 Å². The van der Waals surface area contributed by atoms with E-state index in [-0.39, 0.29) is 0 Å². The van der Waals surface area contributed by atoms with Crippen LogP contribution in [-0.4, -0.2) is 16.3 Å². The van der Waals surface area contributed by atoms with E-state index in [0.717, 1.165) is 25.4 Å². The molecule has 1 N–H and O–H groups in total. The monoisotopic (exact) mass is 247 g/mol. The maximum atomic E-state index is 5.52. The summed E-state index contributed by atoms with van der Waals surface area (Å²) in [5, 5.41) is 7.69. The molecule has 0 aromatic carbocycles. The number of nitrogens with zero attached hydrogens (tertiary/aromatic N) is 2. The highest BCUT2D eigenvalue weighted by Crippen LogP contribution is 2.12. The van der Waals surface area contributed by atoms with Gasteiger partial charge in [0.25, 0.3) is 0 Å². The van der Waals surface area contributed by atoms with Crippen molar-refractivity contribution in [3.63, 3.8) is 0 Å². The lowest BCUT2D eigenvalue weighted by Crippen LogP contribution is -2.19. The second-order valence-electron chi connectivity index (χ2n) is 5.11. The van der Waals surface area contributed by atoms with E-state index in [4.69, 9.17) is 4.42 Å². The van der Waals surface area contributed by atoms with Crippen LogP contribution >= 0.6 is 0 Å². The zero-order chi connectivity index (χ0) is 13.0. The standard InChI is InChI=1S/C14H21N3O/c1-11(2)6-15-8-14-13(4-5-18-14)10-17-9-12(3)7-16-17/h4-5,7,9,11,15H,6,8,10H2,1-3H3. The van der Waals surface area contributed by atoms with Crippen LogP contribution < -0.4 is 5.32 Å². The first-order chi connectivity index (χ1) is 8.65. The summed E-state index contributed by atoms with van der Waals surface area (Å²) in [6.07, 6.45) is 5.66. The zero-order valence-corrected chi connectivity index (χ0v) is 11.3. The van der Waals surface area contributed by atoms with Gasteiger partial charge in [-0.1, -0.05) is 13.8 Å². The molecule has 0 aliphatic carbocycles. The lowest BCUT2D eigenvalue weighted by molar-refractivity contribution is 0.458. The van der Waals surface area contributed by atoms with Crippen molar-refractivity contribution in [3.8, 4) is 0 Å². The Morgan fingerprint density at radius 3 is 2.94 bits per heavy atom. The molecule has 2 aromatic heterocycles. The van der Waals surface area contributed by atoms with Crippen LogP contribution in [0.25, 0.3) is 0 Å². The minimum Gasteiger partial charge on any atom is -0.468 e. The molecule has 4 nitrogen and oxygen atoms in total. The van der Waals surface area contributed by atoms with Crippen LogP contribution in [0.1, 0.15) is 30.7 Å². The lowest BCUT2D eigenvalue weighted by atomic mass is 10.2. The summed E-state index contributed by atoms with van der Waals surface area (Å²) in [7, 11) is 0. The molecule has 2 heterocycles. The van der Waals surface area contributed by atoms with E-state index in [2.05, 4.69) is 24.3 Å². The van der Waals surface area contributed by atoms with Crippen LogP contribution in [0.3, 0.4) is 0 Å². The number of hydrogen-bond acceptors (Lipinski definition) is 3. The summed E-state index contributed by atoms with van der Waals surface area (Å²) >= 11 is 0. The average molecular weight is 247 g/mol. The third kappa shape index (κ3) is 3.47. The van der Waals surface area contributed by atoms with Crippen LogP contribution in [0.5, 0.6) is 0 Å². The number of furan rings is 1. The smallest absolute Gasteiger partial charge is 0.122 e. The molecule has 0 unspecified atom stereocenters. The predicted molar refractivity (Wildman–Crippen MR) is 71.3 cm³/mol. The molecular formula is C14H21N3O. The van der Waals surface area contributed by atoms with Crippen molar-refractivity contribution in [3.05, 3.63) is 41.6 Å². The van der Waals surface area contributed by atoms with E-state index >= 15 is 0 Å². The Kier molecular flexibility index (Phi) is 4.20. The summed E-state index contributed by atoms with van der Waals surface area (Å²) in [5.41, 5.74) is 2.37. The molecule has 0 fully saturated rings. The molecule has 4 heteroatoms. The van der Waals surface area contributed by atoms with Crippen molar-refractivity contribution in [2.45, 2.75) is 33.9 Å². The van der Waals surface area contributed by atoms with Crippen LogP contribution in [0.4, 0.5) is 0 Å². The van der Waals surface area contributed by atoms with Crippen molar-refractivity contribution < 1.29 is 4.42 Å². The normalized spacial score (nSPS) is 11.3. The van der Waals surface area contributed by atoms with Crippen LogP contribution in [-0.2, 0) is 13.1 Å².